The molecule has 5 rings (SSSR count). The molecule has 2 amide bonds. The fraction of sp³-hybridized carbons (Fsp3) is 0.500. The number of fused-ring (bicyclic) bond motifs is 9. The number of rotatable bonds is 3. The van der Waals surface area contributed by atoms with Crippen molar-refractivity contribution in [2.24, 2.45) is 5.41 Å². The van der Waals surface area contributed by atoms with Gasteiger partial charge in [-0.1, -0.05) is 24.6 Å². The van der Waals surface area contributed by atoms with Gasteiger partial charge in [0.2, 0.25) is 0 Å². The summed E-state index contributed by atoms with van der Waals surface area (Å²) < 4.78 is 11.6. The molecular weight excluding hydrogens is 418 g/mol. The molecule has 1 aromatic heterocycles. The van der Waals surface area contributed by atoms with Crippen LogP contribution < -0.4 is 4.74 Å². The quantitative estimate of drug-likeness (QED) is 0.712. The molecule has 4 heterocycles. The van der Waals surface area contributed by atoms with E-state index in [2.05, 4.69) is 4.98 Å². The summed E-state index contributed by atoms with van der Waals surface area (Å²) in [6.07, 6.45) is 6.42. The van der Waals surface area contributed by atoms with E-state index in [1.807, 2.05) is 40.1 Å². The van der Waals surface area contributed by atoms with E-state index in [0.717, 1.165) is 45.2 Å². The molecule has 3 aliphatic rings. The zero-order valence-corrected chi connectivity index (χ0v) is 19.4. The summed E-state index contributed by atoms with van der Waals surface area (Å²) in [5.74, 6) is 0.482. The second-order valence-corrected chi connectivity index (χ2v) is 9.03. The maximum absolute atomic E-state index is 13.3. The highest BCUT2D eigenvalue weighted by atomic mass is 16.5. The van der Waals surface area contributed by atoms with Gasteiger partial charge in [0.25, 0.3) is 11.8 Å². The van der Waals surface area contributed by atoms with Gasteiger partial charge >= 0.3 is 0 Å². The number of pyridine rings is 1. The van der Waals surface area contributed by atoms with Crippen LogP contribution in [0.1, 0.15) is 53.0 Å². The normalized spacial score (nSPS) is 19.2. The minimum atomic E-state index is -0.0912. The second-order valence-electron chi connectivity index (χ2n) is 9.03. The Kier molecular flexibility index (Phi) is 7.60. The third kappa shape index (κ3) is 5.53. The summed E-state index contributed by atoms with van der Waals surface area (Å²) in [6, 6.07) is 12.8. The molecule has 7 nitrogen and oxygen atoms in total. The van der Waals surface area contributed by atoms with Crippen LogP contribution in [0.4, 0.5) is 0 Å². The van der Waals surface area contributed by atoms with Crippen LogP contribution in [-0.2, 0) is 4.74 Å². The van der Waals surface area contributed by atoms with E-state index in [4.69, 9.17) is 9.47 Å². The van der Waals surface area contributed by atoms with Gasteiger partial charge in [0, 0.05) is 32.9 Å². The third-order valence-electron chi connectivity index (χ3n) is 6.85. The lowest BCUT2D eigenvalue weighted by Gasteiger charge is -2.41. The highest BCUT2D eigenvalue weighted by Crippen LogP contribution is 2.38. The molecule has 176 valence electrons. The van der Waals surface area contributed by atoms with Crippen molar-refractivity contribution in [1.29, 1.82) is 0 Å². The van der Waals surface area contributed by atoms with E-state index in [0.29, 0.717) is 43.3 Å². The van der Waals surface area contributed by atoms with Crippen molar-refractivity contribution in [2.45, 2.75) is 32.1 Å². The van der Waals surface area contributed by atoms with Gasteiger partial charge in [0.15, 0.2) is 0 Å². The maximum atomic E-state index is 13.3. The minimum absolute atomic E-state index is 0.00732. The second kappa shape index (κ2) is 10.8. The standard InChI is InChI=1S/C26H33N3O4/c1-32-20-26-11-5-7-15-28(25(31)22-9-4-6-14-27-22)18-19-33-23-10-3-2-8-21(23)24(30)29(16-12-26)17-13-26/h2-4,6,8-10,14H,5,7,11-13,15-20H2,1H3. The van der Waals surface area contributed by atoms with Crippen molar-refractivity contribution < 1.29 is 19.1 Å². The topological polar surface area (TPSA) is 72.0 Å². The zero-order chi connectivity index (χ0) is 23.1. The monoisotopic (exact) mass is 451 g/mol. The van der Waals surface area contributed by atoms with Gasteiger partial charge in [0.05, 0.1) is 18.7 Å². The molecule has 3 aliphatic heterocycles. The molecule has 33 heavy (non-hydrogen) atoms. The molecule has 0 spiro atoms. The Balaban J connectivity index is 1.57. The first kappa shape index (κ1) is 23.2. The predicted molar refractivity (Wildman–Crippen MR) is 125 cm³/mol. The summed E-state index contributed by atoms with van der Waals surface area (Å²) in [4.78, 5) is 34.4. The molecule has 0 aliphatic carbocycles. The van der Waals surface area contributed by atoms with Gasteiger partial charge in [-0.05, 0) is 55.4 Å². The largest absolute Gasteiger partial charge is 0.491 e. The van der Waals surface area contributed by atoms with Crippen molar-refractivity contribution in [2.75, 3.05) is 46.5 Å². The first-order valence-electron chi connectivity index (χ1n) is 11.8. The van der Waals surface area contributed by atoms with Crippen LogP contribution in [0.15, 0.2) is 48.7 Å². The summed E-state index contributed by atoms with van der Waals surface area (Å²) in [6.45, 7) is 3.54. The highest BCUT2D eigenvalue weighted by molar-refractivity contribution is 5.97. The number of para-hydroxylation sites is 1. The van der Waals surface area contributed by atoms with E-state index in [-0.39, 0.29) is 17.2 Å². The lowest BCUT2D eigenvalue weighted by atomic mass is 9.75. The number of carbonyl (C=O) groups is 2. The molecule has 0 radical (unpaired) electrons. The number of ether oxygens (including phenoxy) is 2. The van der Waals surface area contributed by atoms with Gasteiger partial charge in [-0.25, -0.2) is 0 Å². The highest BCUT2D eigenvalue weighted by Gasteiger charge is 2.36. The molecule has 1 fully saturated rings. The molecule has 0 saturated carbocycles. The molecule has 7 heteroatoms. The Morgan fingerprint density at radius 2 is 1.82 bits per heavy atom. The first-order valence-corrected chi connectivity index (χ1v) is 11.8. The van der Waals surface area contributed by atoms with Crippen molar-refractivity contribution >= 4 is 11.8 Å². The lowest BCUT2D eigenvalue weighted by Crippen LogP contribution is -2.45. The van der Waals surface area contributed by atoms with Crippen LogP contribution in [0, 0.1) is 5.41 Å². The van der Waals surface area contributed by atoms with Crippen LogP contribution in [0.3, 0.4) is 0 Å². The Morgan fingerprint density at radius 1 is 1.03 bits per heavy atom. The zero-order valence-electron chi connectivity index (χ0n) is 19.4. The van der Waals surface area contributed by atoms with Crippen LogP contribution in [-0.4, -0.2) is 73.1 Å². The van der Waals surface area contributed by atoms with Crippen LogP contribution in [0.2, 0.25) is 0 Å². The van der Waals surface area contributed by atoms with E-state index in [1.54, 1.807) is 25.4 Å². The van der Waals surface area contributed by atoms with E-state index in [1.165, 1.54) is 0 Å². The maximum Gasteiger partial charge on any atom is 0.272 e. The molecule has 2 bridgehead atoms. The van der Waals surface area contributed by atoms with E-state index >= 15 is 0 Å². The molecule has 1 aromatic carbocycles. The number of piperidine rings is 1. The molecule has 0 N–H and O–H groups in total. The number of benzene rings is 1. The van der Waals surface area contributed by atoms with Gasteiger partial charge in [-0.3, -0.25) is 14.6 Å². The number of nitrogens with zero attached hydrogens (tertiary/aromatic N) is 3. The smallest absolute Gasteiger partial charge is 0.272 e. The first-order chi connectivity index (χ1) is 16.1. The van der Waals surface area contributed by atoms with Crippen molar-refractivity contribution in [1.82, 2.24) is 14.8 Å². The number of methoxy groups -OCH3 is 1. The summed E-state index contributed by atoms with van der Waals surface area (Å²) >= 11 is 0. The van der Waals surface area contributed by atoms with Crippen LogP contribution in [0.25, 0.3) is 0 Å². The minimum Gasteiger partial charge on any atom is -0.491 e. The summed E-state index contributed by atoms with van der Waals surface area (Å²) in [5, 5.41) is 0. The third-order valence-corrected chi connectivity index (χ3v) is 6.85. The molecule has 0 unspecified atom stereocenters. The summed E-state index contributed by atoms with van der Waals surface area (Å²) in [7, 11) is 1.75. The molecule has 2 aromatic rings. The van der Waals surface area contributed by atoms with Crippen molar-refractivity contribution in [3.63, 3.8) is 0 Å². The van der Waals surface area contributed by atoms with Gasteiger partial charge in [-0.15, -0.1) is 0 Å². The SMILES string of the molecule is COCC12CCCCN(C(=O)c3ccccn3)CCOc3ccccc3C(=O)N(CC1)CC2. The molecular formula is C26H33N3O4. The van der Waals surface area contributed by atoms with Crippen molar-refractivity contribution in [3.8, 4) is 5.75 Å². The number of carbonyl (C=O) groups excluding carboxylic acids is 2. The van der Waals surface area contributed by atoms with E-state index in [9.17, 15) is 9.59 Å². The number of aromatic nitrogens is 1. The van der Waals surface area contributed by atoms with Crippen LogP contribution in [0.5, 0.6) is 5.75 Å². The van der Waals surface area contributed by atoms with Gasteiger partial charge in [0.1, 0.15) is 18.1 Å². The Morgan fingerprint density at radius 3 is 2.58 bits per heavy atom. The van der Waals surface area contributed by atoms with Gasteiger partial charge < -0.3 is 19.3 Å². The molecule has 0 atom stereocenters. The fourth-order valence-electron chi connectivity index (χ4n) is 4.93. The van der Waals surface area contributed by atoms with Crippen LogP contribution >= 0.6 is 0 Å². The number of hydrogen-bond donors (Lipinski definition) is 0. The lowest BCUT2D eigenvalue weighted by molar-refractivity contribution is 0.0136. The Hall–Kier alpha value is -2.93. The van der Waals surface area contributed by atoms with Gasteiger partial charge in [-0.2, -0.15) is 0 Å². The average molecular weight is 452 g/mol. The van der Waals surface area contributed by atoms with Crippen molar-refractivity contribution in [3.05, 3.63) is 59.9 Å². The summed E-state index contributed by atoms with van der Waals surface area (Å²) in [5.41, 5.74) is 1.10. The number of amides is 2. The predicted octanol–water partition coefficient (Wildman–Crippen LogP) is 3.66. The Labute approximate surface area is 195 Å². The van der Waals surface area contributed by atoms with E-state index < -0.39 is 0 Å². The average Bonchev–Trinajstić information content (AvgIpc) is 2.86. The molecule has 1 saturated heterocycles. The Bertz CT molecular complexity index is 942. The number of hydrogen-bond acceptors (Lipinski definition) is 5. The fourth-order valence-corrected chi connectivity index (χ4v) is 4.93.